The van der Waals surface area contributed by atoms with Gasteiger partial charge in [-0.15, -0.1) is 5.10 Å². The van der Waals surface area contributed by atoms with E-state index in [0.717, 1.165) is 0 Å². The smallest absolute Gasteiger partial charge is 0.280 e. The van der Waals surface area contributed by atoms with Crippen LogP contribution in [0.5, 0.6) is 0 Å². The first-order valence-corrected chi connectivity index (χ1v) is 7.45. The third-order valence-corrected chi connectivity index (χ3v) is 3.73. The van der Waals surface area contributed by atoms with E-state index in [2.05, 4.69) is 15.6 Å². The lowest BCUT2D eigenvalue weighted by atomic mass is 10.3. The standard InChI is InChI=1S/C15H10Cl2FN5O/c16-8-1-6-11(17)12(7-8)20-15(24)13-14(19)23(22-21-13)10-4-2-9(18)3-5-10/h1-7H,19H2,(H,20,24). The second kappa shape index (κ2) is 6.46. The minimum Gasteiger partial charge on any atom is -0.382 e. The van der Waals surface area contributed by atoms with Crippen LogP contribution in [-0.4, -0.2) is 20.9 Å². The predicted octanol–water partition coefficient (Wildman–Crippen LogP) is 3.55. The summed E-state index contributed by atoms with van der Waals surface area (Å²) in [5.41, 5.74) is 6.63. The minimum atomic E-state index is -0.593. The van der Waals surface area contributed by atoms with Crippen molar-refractivity contribution in [1.29, 1.82) is 0 Å². The zero-order valence-electron chi connectivity index (χ0n) is 12.0. The highest BCUT2D eigenvalue weighted by Gasteiger charge is 2.19. The quantitative estimate of drug-likeness (QED) is 0.742. The van der Waals surface area contributed by atoms with Gasteiger partial charge in [0.25, 0.3) is 5.91 Å². The van der Waals surface area contributed by atoms with Crippen LogP contribution in [-0.2, 0) is 0 Å². The van der Waals surface area contributed by atoms with Crippen LogP contribution in [0, 0.1) is 5.82 Å². The largest absolute Gasteiger partial charge is 0.382 e. The van der Waals surface area contributed by atoms with Gasteiger partial charge in [-0.05, 0) is 42.5 Å². The molecule has 0 aliphatic rings. The number of anilines is 2. The van der Waals surface area contributed by atoms with Crippen molar-refractivity contribution in [2.45, 2.75) is 0 Å². The van der Waals surface area contributed by atoms with E-state index in [0.29, 0.717) is 21.4 Å². The molecule has 122 valence electrons. The van der Waals surface area contributed by atoms with Gasteiger partial charge >= 0.3 is 0 Å². The summed E-state index contributed by atoms with van der Waals surface area (Å²) < 4.78 is 14.2. The van der Waals surface area contributed by atoms with Crippen molar-refractivity contribution in [2.75, 3.05) is 11.1 Å². The molecule has 0 unspecified atom stereocenters. The Bertz CT molecular complexity index is 911. The Labute approximate surface area is 146 Å². The Kier molecular flexibility index (Phi) is 4.37. The fourth-order valence-corrected chi connectivity index (χ4v) is 2.34. The lowest BCUT2D eigenvalue weighted by Gasteiger charge is -2.07. The normalized spacial score (nSPS) is 10.6. The first-order valence-electron chi connectivity index (χ1n) is 6.69. The third-order valence-electron chi connectivity index (χ3n) is 3.17. The summed E-state index contributed by atoms with van der Waals surface area (Å²) in [6.45, 7) is 0. The van der Waals surface area contributed by atoms with Gasteiger partial charge in [0, 0.05) is 5.02 Å². The number of nitrogen functional groups attached to an aromatic ring is 1. The maximum Gasteiger partial charge on any atom is 0.280 e. The van der Waals surface area contributed by atoms with Crippen LogP contribution < -0.4 is 11.1 Å². The van der Waals surface area contributed by atoms with E-state index in [9.17, 15) is 9.18 Å². The molecule has 0 saturated heterocycles. The summed E-state index contributed by atoms with van der Waals surface area (Å²) in [5, 5.41) is 10.9. The van der Waals surface area contributed by atoms with Gasteiger partial charge in [-0.25, -0.2) is 4.39 Å². The van der Waals surface area contributed by atoms with Crippen molar-refractivity contribution in [3.8, 4) is 5.69 Å². The van der Waals surface area contributed by atoms with Crippen LogP contribution in [0.25, 0.3) is 5.69 Å². The molecule has 0 fully saturated rings. The first kappa shape index (κ1) is 16.2. The highest BCUT2D eigenvalue weighted by atomic mass is 35.5. The molecule has 0 atom stereocenters. The van der Waals surface area contributed by atoms with E-state index in [1.807, 2.05) is 0 Å². The molecule has 1 amide bonds. The third kappa shape index (κ3) is 3.17. The molecular formula is C15H10Cl2FN5O. The SMILES string of the molecule is Nc1c(C(=O)Nc2cc(Cl)ccc2Cl)nnn1-c1ccc(F)cc1. The topological polar surface area (TPSA) is 85.8 Å². The van der Waals surface area contributed by atoms with E-state index >= 15 is 0 Å². The molecule has 3 aromatic rings. The lowest BCUT2D eigenvalue weighted by molar-refractivity contribution is 0.102. The molecule has 0 radical (unpaired) electrons. The van der Waals surface area contributed by atoms with Gasteiger partial charge in [0.2, 0.25) is 0 Å². The van der Waals surface area contributed by atoms with Crippen molar-refractivity contribution in [3.05, 3.63) is 64.0 Å². The fourth-order valence-electron chi connectivity index (χ4n) is 2.00. The second-order valence-corrected chi connectivity index (χ2v) is 5.63. The molecule has 2 aromatic carbocycles. The lowest BCUT2D eigenvalue weighted by Crippen LogP contribution is -2.15. The van der Waals surface area contributed by atoms with Crippen LogP contribution in [0.2, 0.25) is 10.0 Å². The number of aromatic nitrogens is 3. The van der Waals surface area contributed by atoms with Crippen LogP contribution in [0.15, 0.2) is 42.5 Å². The van der Waals surface area contributed by atoms with Crippen molar-refractivity contribution in [3.63, 3.8) is 0 Å². The molecule has 0 saturated carbocycles. The molecule has 9 heteroatoms. The second-order valence-electron chi connectivity index (χ2n) is 4.79. The number of hydrogen-bond donors (Lipinski definition) is 2. The Hall–Kier alpha value is -2.64. The Morgan fingerprint density at radius 2 is 1.88 bits per heavy atom. The number of nitrogens with zero attached hydrogens (tertiary/aromatic N) is 3. The molecule has 24 heavy (non-hydrogen) atoms. The fraction of sp³-hybridized carbons (Fsp3) is 0. The number of carbonyl (C=O) groups excluding carboxylic acids is 1. The van der Waals surface area contributed by atoms with Crippen molar-refractivity contribution in [1.82, 2.24) is 15.0 Å². The van der Waals surface area contributed by atoms with Gasteiger partial charge in [-0.2, -0.15) is 4.68 Å². The van der Waals surface area contributed by atoms with Gasteiger partial charge in [-0.1, -0.05) is 28.4 Å². The van der Waals surface area contributed by atoms with E-state index in [1.54, 1.807) is 12.1 Å². The number of benzene rings is 2. The Balaban J connectivity index is 1.89. The summed E-state index contributed by atoms with van der Waals surface area (Å²) in [4.78, 5) is 12.3. The monoisotopic (exact) mass is 365 g/mol. The van der Waals surface area contributed by atoms with Crippen molar-refractivity contribution in [2.24, 2.45) is 0 Å². The average molecular weight is 366 g/mol. The molecule has 0 aliphatic heterocycles. The molecule has 0 bridgehead atoms. The van der Waals surface area contributed by atoms with Crippen LogP contribution in [0.3, 0.4) is 0 Å². The van der Waals surface area contributed by atoms with E-state index in [1.165, 1.54) is 35.0 Å². The number of nitrogens with one attached hydrogen (secondary N) is 1. The van der Waals surface area contributed by atoms with E-state index in [4.69, 9.17) is 28.9 Å². The Morgan fingerprint density at radius 3 is 2.58 bits per heavy atom. The summed E-state index contributed by atoms with van der Waals surface area (Å²) in [6, 6.07) is 10.1. The zero-order chi connectivity index (χ0) is 17.3. The molecule has 1 aromatic heterocycles. The maximum absolute atomic E-state index is 13.0. The first-order chi connectivity index (χ1) is 11.5. The maximum atomic E-state index is 13.0. The summed E-state index contributed by atoms with van der Waals surface area (Å²) in [5.74, 6) is -0.978. The minimum absolute atomic E-state index is 0.0114. The molecule has 3 N–H and O–H groups in total. The number of halogens is 3. The predicted molar refractivity (Wildman–Crippen MR) is 90.1 cm³/mol. The van der Waals surface area contributed by atoms with Gasteiger partial charge < -0.3 is 11.1 Å². The van der Waals surface area contributed by atoms with Gasteiger partial charge in [0.05, 0.1) is 16.4 Å². The summed E-state index contributed by atoms with van der Waals surface area (Å²) >= 11 is 11.9. The molecule has 0 aliphatic carbocycles. The van der Waals surface area contributed by atoms with E-state index in [-0.39, 0.29) is 11.5 Å². The highest BCUT2D eigenvalue weighted by Crippen LogP contribution is 2.26. The highest BCUT2D eigenvalue weighted by molar-refractivity contribution is 6.35. The van der Waals surface area contributed by atoms with Crippen molar-refractivity contribution >= 4 is 40.6 Å². The van der Waals surface area contributed by atoms with Crippen LogP contribution in [0.1, 0.15) is 10.5 Å². The summed E-state index contributed by atoms with van der Waals surface area (Å²) in [6.07, 6.45) is 0. The van der Waals surface area contributed by atoms with Crippen molar-refractivity contribution < 1.29 is 9.18 Å². The zero-order valence-corrected chi connectivity index (χ0v) is 13.5. The number of rotatable bonds is 3. The molecule has 3 rings (SSSR count). The summed E-state index contributed by atoms with van der Waals surface area (Å²) in [7, 11) is 0. The molecule has 6 nitrogen and oxygen atoms in total. The number of amides is 1. The molecule has 0 spiro atoms. The number of hydrogen-bond acceptors (Lipinski definition) is 4. The van der Waals surface area contributed by atoms with Crippen LogP contribution in [0.4, 0.5) is 15.9 Å². The average Bonchev–Trinajstić information content (AvgIpc) is 2.93. The van der Waals surface area contributed by atoms with Gasteiger partial charge in [0.1, 0.15) is 5.82 Å². The molecule has 1 heterocycles. The van der Waals surface area contributed by atoms with Crippen LogP contribution >= 0.6 is 23.2 Å². The number of nitrogens with two attached hydrogens (primary N) is 1. The van der Waals surface area contributed by atoms with E-state index < -0.39 is 11.7 Å². The van der Waals surface area contributed by atoms with Gasteiger partial charge in [0.15, 0.2) is 11.5 Å². The Morgan fingerprint density at radius 1 is 1.17 bits per heavy atom. The van der Waals surface area contributed by atoms with Gasteiger partial charge in [-0.3, -0.25) is 4.79 Å². The number of carbonyl (C=O) groups is 1. The molecular weight excluding hydrogens is 356 g/mol.